The Morgan fingerprint density at radius 3 is 2.58 bits per heavy atom. The van der Waals surface area contributed by atoms with Gasteiger partial charge in [-0.2, -0.15) is 0 Å². The molecule has 19 heavy (non-hydrogen) atoms. The SMILES string of the molecule is C[C@@H](N)c1cccc(F)c1N1CCN(C)C(C)(C)C1. The fraction of sp³-hybridized carbons (Fsp3) is 0.600. The summed E-state index contributed by atoms with van der Waals surface area (Å²) in [4.78, 5) is 4.45. The largest absolute Gasteiger partial charge is 0.366 e. The van der Waals surface area contributed by atoms with Crippen LogP contribution in [0.4, 0.5) is 10.1 Å². The lowest BCUT2D eigenvalue weighted by Gasteiger charge is -2.46. The van der Waals surface area contributed by atoms with Gasteiger partial charge < -0.3 is 10.6 Å². The predicted molar refractivity (Wildman–Crippen MR) is 77.9 cm³/mol. The Kier molecular flexibility index (Phi) is 3.83. The van der Waals surface area contributed by atoms with Gasteiger partial charge in [-0.1, -0.05) is 12.1 Å². The molecule has 106 valence electrons. The van der Waals surface area contributed by atoms with Gasteiger partial charge in [-0.05, 0) is 39.4 Å². The Bertz CT molecular complexity index is 457. The van der Waals surface area contributed by atoms with Crippen molar-refractivity contribution in [2.24, 2.45) is 5.73 Å². The Labute approximate surface area is 115 Å². The van der Waals surface area contributed by atoms with Crippen molar-refractivity contribution in [1.29, 1.82) is 0 Å². The predicted octanol–water partition coefficient (Wildman–Crippen LogP) is 2.38. The monoisotopic (exact) mass is 265 g/mol. The first-order chi connectivity index (χ1) is 8.83. The Balaban J connectivity index is 2.37. The first-order valence-electron chi connectivity index (χ1n) is 6.83. The third kappa shape index (κ3) is 2.74. The summed E-state index contributed by atoms with van der Waals surface area (Å²) in [7, 11) is 2.12. The van der Waals surface area contributed by atoms with Crippen LogP contribution in [0, 0.1) is 5.82 Å². The quantitative estimate of drug-likeness (QED) is 0.891. The highest BCUT2D eigenvalue weighted by atomic mass is 19.1. The van der Waals surface area contributed by atoms with Gasteiger partial charge in [-0.3, -0.25) is 4.90 Å². The molecule has 0 saturated carbocycles. The summed E-state index contributed by atoms with van der Waals surface area (Å²) in [6.07, 6.45) is 0. The molecule has 1 heterocycles. The van der Waals surface area contributed by atoms with Gasteiger partial charge in [0.2, 0.25) is 0 Å². The van der Waals surface area contributed by atoms with E-state index in [4.69, 9.17) is 5.73 Å². The Morgan fingerprint density at radius 2 is 2.00 bits per heavy atom. The fourth-order valence-corrected chi connectivity index (χ4v) is 2.66. The summed E-state index contributed by atoms with van der Waals surface area (Å²) >= 11 is 0. The lowest BCUT2D eigenvalue weighted by atomic mass is 9.97. The second-order valence-corrected chi connectivity index (χ2v) is 6.12. The minimum absolute atomic E-state index is 0.0373. The van der Waals surface area contributed by atoms with E-state index >= 15 is 0 Å². The number of para-hydroxylation sites is 1. The van der Waals surface area contributed by atoms with Crippen molar-refractivity contribution in [2.45, 2.75) is 32.4 Å². The van der Waals surface area contributed by atoms with Crippen LogP contribution in [0.25, 0.3) is 0 Å². The Hall–Kier alpha value is -1.13. The highest BCUT2D eigenvalue weighted by molar-refractivity contribution is 5.56. The van der Waals surface area contributed by atoms with Crippen LogP contribution in [0.3, 0.4) is 0 Å². The van der Waals surface area contributed by atoms with Crippen molar-refractivity contribution < 1.29 is 4.39 Å². The zero-order chi connectivity index (χ0) is 14.2. The van der Waals surface area contributed by atoms with E-state index < -0.39 is 0 Å². The molecule has 1 aromatic rings. The summed E-state index contributed by atoms with van der Waals surface area (Å²) < 4.78 is 14.2. The van der Waals surface area contributed by atoms with E-state index in [9.17, 15) is 4.39 Å². The number of nitrogens with two attached hydrogens (primary N) is 1. The lowest BCUT2D eigenvalue weighted by molar-refractivity contribution is 0.138. The second-order valence-electron chi connectivity index (χ2n) is 6.12. The van der Waals surface area contributed by atoms with Crippen LogP contribution in [0.1, 0.15) is 32.4 Å². The van der Waals surface area contributed by atoms with Crippen molar-refractivity contribution in [1.82, 2.24) is 4.90 Å². The van der Waals surface area contributed by atoms with Gasteiger partial charge in [0.25, 0.3) is 0 Å². The van der Waals surface area contributed by atoms with Crippen molar-refractivity contribution in [3.8, 4) is 0 Å². The van der Waals surface area contributed by atoms with Gasteiger partial charge in [0.1, 0.15) is 5.82 Å². The highest BCUT2D eigenvalue weighted by Gasteiger charge is 2.33. The summed E-state index contributed by atoms with van der Waals surface area (Å²) in [5, 5.41) is 0. The molecule has 1 aliphatic rings. The van der Waals surface area contributed by atoms with E-state index in [0.717, 1.165) is 25.2 Å². The molecular formula is C15H24FN3. The van der Waals surface area contributed by atoms with Crippen LogP contribution >= 0.6 is 0 Å². The van der Waals surface area contributed by atoms with Gasteiger partial charge in [0, 0.05) is 31.2 Å². The van der Waals surface area contributed by atoms with Gasteiger partial charge in [-0.15, -0.1) is 0 Å². The number of anilines is 1. The maximum absolute atomic E-state index is 14.2. The van der Waals surface area contributed by atoms with E-state index in [-0.39, 0.29) is 17.4 Å². The minimum Gasteiger partial charge on any atom is -0.366 e. The number of nitrogens with zero attached hydrogens (tertiary/aromatic N) is 2. The molecule has 0 radical (unpaired) electrons. The Morgan fingerprint density at radius 1 is 1.32 bits per heavy atom. The van der Waals surface area contributed by atoms with E-state index in [1.165, 1.54) is 6.07 Å². The molecular weight excluding hydrogens is 241 g/mol. The number of rotatable bonds is 2. The highest BCUT2D eigenvalue weighted by Crippen LogP contribution is 2.32. The molecule has 3 nitrogen and oxygen atoms in total. The first-order valence-corrected chi connectivity index (χ1v) is 6.83. The number of hydrogen-bond acceptors (Lipinski definition) is 3. The number of hydrogen-bond donors (Lipinski definition) is 1. The third-order valence-electron chi connectivity index (χ3n) is 4.14. The van der Waals surface area contributed by atoms with Gasteiger partial charge in [0.15, 0.2) is 0 Å². The van der Waals surface area contributed by atoms with Crippen molar-refractivity contribution >= 4 is 5.69 Å². The zero-order valence-corrected chi connectivity index (χ0v) is 12.3. The van der Waals surface area contributed by atoms with Crippen LogP contribution in [0.2, 0.25) is 0 Å². The molecule has 0 aliphatic carbocycles. The summed E-state index contributed by atoms with van der Waals surface area (Å²) in [5.74, 6) is -0.171. The molecule has 1 saturated heterocycles. The number of benzene rings is 1. The minimum atomic E-state index is -0.171. The topological polar surface area (TPSA) is 32.5 Å². The third-order valence-corrected chi connectivity index (χ3v) is 4.14. The molecule has 1 aromatic carbocycles. The lowest BCUT2D eigenvalue weighted by Crippen LogP contribution is -2.58. The van der Waals surface area contributed by atoms with Crippen LogP contribution in [0.5, 0.6) is 0 Å². The average Bonchev–Trinajstić information content (AvgIpc) is 2.32. The van der Waals surface area contributed by atoms with E-state index in [1.54, 1.807) is 6.07 Å². The zero-order valence-electron chi connectivity index (χ0n) is 12.3. The molecule has 1 atom stereocenters. The van der Waals surface area contributed by atoms with Gasteiger partial charge in [0.05, 0.1) is 5.69 Å². The summed E-state index contributed by atoms with van der Waals surface area (Å²) in [6.45, 7) is 8.85. The van der Waals surface area contributed by atoms with Crippen LogP contribution < -0.4 is 10.6 Å². The number of likely N-dealkylation sites (N-methyl/N-ethyl adjacent to an activating group) is 1. The molecule has 0 unspecified atom stereocenters. The number of piperazine rings is 1. The molecule has 0 spiro atoms. The maximum atomic E-state index is 14.2. The first kappa shape index (κ1) is 14.3. The van der Waals surface area contributed by atoms with Crippen molar-refractivity contribution in [2.75, 3.05) is 31.6 Å². The molecule has 2 N–H and O–H groups in total. The van der Waals surface area contributed by atoms with Crippen LogP contribution in [-0.4, -0.2) is 37.1 Å². The maximum Gasteiger partial charge on any atom is 0.146 e. The van der Waals surface area contributed by atoms with Crippen molar-refractivity contribution in [3.63, 3.8) is 0 Å². The molecule has 1 aliphatic heterocycles. The van der Waals surface area contributed by atoms with E-state index in [0.29, 0.717) is 5.69 Å². The average molecular weight is 265 g/mol. The standard InChI is InChI=1S/C15H24FN3/c1-11(17)12-6-5-7-13(16)14(12)19-9-8-18(4)15(2,3)10-19/h5-7,11H,8-10,17H2,1-4H3/t11-/m1/s1. The number of halogens is 1. The van der Waals surface area contributed by atoms with Crippen molar-refractivity contribution in [3.05, 3.63) is 29.6 Å². The van der Waals surface area contributed by atoms with E-state index in [2.05, 4.69) is 30.7 Å². The molecule has 4 heteroatoms. The molecule has 1 fully saturated rings. The smallest absolute Gasteiger partial charge is 0.146 e. The molecule has 0 amide bonds. The van der Waals surface area contributed by atoms with Crippen LogP contribution in [-0.2, 0) is 0 Å². The summed E-state index contributed by atoms with van der Waals surface area (Å²) in [5.41, 5.74) is 7.59. The molecule has 2 rings (SSSR count). The van der Waals surface area contributed by atoms with E-state index in [1.807, 2.05) is 13.0 Å². The summed E-state index contributed by atoms with van der Waals surface area (Å²) in [6, 6.07) is 5.02. The second kappa shape index (κ2) is 5.10. The molecule has 0 bridgehead atoms. The molecule has 0 aromatic heterocycles. The normalized spacial score (nSPS) is 21.5. The van der Waals surface area contributed by atoms with Gasteiger partial charge in [-0.25, -0.2) is 4.39 Å². The van der Waals surface area contributed by atoms with Crippen LogP contribution in [0.15, 0.2) is 18.2 Å². The van der Waals surface area contributed by atoms with Gasteiger partial charge >= 0.3 is 0 Å². The fourth-order valence-electron chi connectivity index (χ4n) is 2.66.